The summed E-state index contributed by atoms with van der Waals surface area (Å²) < 4.78 is 5.09. The lowest BCUT2D eigenvalue weighted by molar-refractivity contribution is -0.384. The second kappa shape index (κ2) is 8.07. The summed E-state index contributed by atoms with van der Waals surface area (Å²) in [6.07, 6.45) is 1.45. The van der Waals surface area contributed by atoms with E-state index in [4.69, 9.17) is 16.3 Å². The Hall–Kier alpha value is -2.93. The minimum atomic E-state index is -0.486. The van der Waals surface area contributed by atoms with E-state index < -0.39 is 4.92 Å². The van der Waals surface area contributed by atoms with Gasteiger partial charge in [-0.1, -0.05) is 11.6 Å². The molecule has 7 nitrogen and oxygen atoms in total. The number of ether oxygens (including phenoxy) is 1. The molecular weight excluding hydrogens is 334 g/mol. The zero-order valence-corrected chi connectivity index (χ0v) is 13.5. The number of carbonyl (C=O) groups excluding carboxylic acids is 1. The first kappa shape index (κ1) is 17.4. The van der Waals surface area contributed by atoms with Crippen molar-refractivity contribution in [2.75, 3.05) is 7.11 Å². The van der Waals surface area contributed by atoms with Crippen LogP contribution in [0.1, 0.15) is 11.1 Å². The van der Waals surface area contributed by atoms with Crippen LogP contribution in [0.2, 0.25) is 5.02 Å². The molecule has 1 N–H and O–H groups in total. The Labute approximate surface area is 143 Å². The molecule has 124 valence electrons. The van der Waals surface area contributed by atoms with Crippen LogP contribution in [0, 0.1) is 10.1 Å². The molecule has 24 heavy (non-hydrogen) atoms. The number of nitrogens with one attached hydrogen (secondary N) is 1. The zero-order valence-electron chi connectivity index (χ0n) is 12.7. The molecule has 0 spiro atoms. The van der Waals surface area contributed by atoms with Crippen molar-refractivity contribution in [3.8, 4) is 5.75 Å². The normalized spacial score (nSPS) is 10.6. The second-order valence-electron chi connectivity index (χ2n) is 4.78. The van der Waals surface area contributed by atoms with E-state index in [1.165, 1.54) is 37.6 Å². The molecular formula is C16H14ClN3O4. The molecule has 0 unspecified atom stereocenters. The van der Waals surface area contributed by atoms with Gasteiger partial charge in [-0.3, -0.25) is 14.9 Å². The number of hydrogen-bond acceptors (Lipinski definition) is 5. The summed E-state index contributed by atoms with van der Waals surface area (Å²) in [7, 11) is 1.53. The quantitative estimate of drug-likeness (QED) is 0.494. The van der Waals surface area contributed by atoms with Crippen molar-refractivity contribution < 1.29 is 14.5 Å². The Morgan fingerprint density at radius 2 is 2.04 bits per heavy atom. The number of halogens is 1. The molecule has 0 atom stereocenters. The lowest BCUT2D eigenvalue weighted by Crippen LogP contribution is -2.20. The molecule has 1 amide bonds. The highest BCUT2D eigenvalue weighted by Gasteiger charge is 2.08. The largest absolute Gasteiger partial charge is 0.497 e. The standard InChI is InChI=1S/C16H14ClN3O4/c1-24-14-6-7-15(17)12(8-14)9-16(21)19-18-10-11-2-4-13(5-3-11)20(22)23/h2-8,10H,9H2,1H3,(H,19,21)/b18-10+. The number of nitrogens with zero attached hydrogens (tertiary/aromatic N) is 2. The average Bonchev–Trinajstić information content (AvgIpc) is 2.57. The van der Waals surface area contributed by atoms with E-state index in [1.807, 2.05) is 0 Å². The predicted molar refractivity (Wildman–Crippen MR) is 90.5 cm³/mol. The number of nitro groups is 1. The zero-order chi connectivity index (χ0) is 17.5. The van der Waals surface area contributed by atoms with Gasteiger partial charge in [0.2, 0.25) is 5.91 Å². The summed E-state index contributed by atoms with van der Waals surface area (Å²) in [6.45, 7) is 0. The summed E-state index contributed by atoms with van der Waals surface area (Å²) in [5.41, 5.74) is 3.62. The molecule has 2 rings (SSSR count). The maximum absolute atomic E-state index is 11.9. The molecule has 0 aliphatic carbocycles. The highest BCUT2D eigenvalue weighted by atomic mass is 35.5. The van der Waals surface area contributed by atoms with Crippen LogP contribution in [0.5, 0.6) is 5.75 Å². The molecule has 0 aliphatic rings. The Kier molecular flexibility index (Phi) is 5.86. The van der Waals surface area contributed by atoms with Crippen molar-refractivity contribution in [1.82, 2.24) is 5.43 Å². The van der Waals surface area contributed by atoms with Crippen LogP contribution in [0.15, 0.2) is 47.6 Å². The van der Waals surface area contributed by atoms with Crippen molar-refractivity contribution in [2.24, 2.45) is 5.10 Å². The number of benzene rings is 2. The monoisotopic (exact) mass is 347 g/mol. The third-order valence-electron chi connectivity index (χ3n) is 3.11. The van der Waals surface area contributed by atoms with Gasteiger partial charge >= 0.3 is 0 Å². The summed E-state index contributed by atoms with van der Waals surface area (Å²) in [5, 5.41) is 14.8. The topological polar surface area (TPSA) is 93.8 Å². The fraction of sp³-hybridized carbons (Fsp3) is 0.125. The molecule has 0 saturated carbocycles. The lowest BCUT2D eigenvalue weighted by Gasteiger charge is -2.06. The molecule has 0 heterocycles. The fourth-order valence-electron chi connectivity index (χ4n) is 1.89. The number of hydrogen-bond donors (Lipinski definition) is 1. The summed E-state index contributed by atoms with van der Waals surface area (Å²) >= 11 is 6.04. The Morgan fingerprint density at radius 1 is 1.33 bits per heavy atom. The average molecular weight is 348 g/mol. The van der Waals surface area contributed by atoms with Crippen LogP contribution >= 0.6 is 11.6 Å². The van der Waals surface area contributed by atoms with Crippen LogP contribution in [0.4, 0.5) is 5.69 Å². The number of non-ortho nitro benzene ring substituents is 1. The van der Waals surface area contributed by atoms with E-state index in [0.717, 1.165) is 0 Å². The molecule has 0 aromatic heterocycles. The first-order valence-electron chi connectivity index (χ1n) is 6.88. The molecule has 0 aliphatic heterocycles. The molecule has 2 aromatic rings. The van der Waals surface area contributed by atoms with Crippen LogP contribution in [0.3, 0.4) is 0 Å². The SMILES string of the molecule is COc1ccc(Cl)c(CC(=O)N/N=C/c2ccc([N+](=O)[O-])cc2)c1. The molecule has 0 fully saturated rings. The van der Waals surface area contributed by atoms with E-state index >= 15 is 0 Å². The molecule has 0 bridgehead atoms. The minimum Gasteiger partial charge on any atom is -0.497 e. The Balaban J connectivity index is 1.94. The lowest BCUT2D eigenvalue weighted by atomic mass is 10.1. The smallest absolute Gasteiger partial charge is 0.269 e. The van der Waals surface area contributed by atoms with Crippen molar-refractivity contribution in [3.05, 3.63) is 68.7 Å². The summed E-state index contributed by atoms with van der Waals surface area (Å²) in [5.74, 6) is 0.264. The summed E-state index contributed by atoms with van der Waals surface area (Å²) in [6, 6.07) is 10.8. The number of rotatable bonds is 6. The highest BCUT2D eigenvalue weighted by Crippen LogP contribution is 2.22. The van der Waals surface area contributed by atoms with Crippen LogP contribution in [0.25, 0.3) is 0 Å². The van der Waals surface area contributed by atoms with Gasteiger partial charge in [0.25, 0.3) is 5.69 Å². The number of nitro benzene ring substituents is 1. The first-order valence-corrected chi connectivity index (χ1v) is 7.26. The van der Waals surface area contributed by atoms with E-state index in [2.05, 4.69) is 10.5 Å². The second-order valence-corrected chi connectivity index (χ2v) is 5.18. The third kappa shape index (κ3) is 4.79. The van der Waals surface area contributed by atoms with Gasteiger partial charge in [0.1, 0.15) is 5.75 Å². The minimum absolute atomic E-state index is 0.0103. The van der Waals surface area contributed by atoms with Crippen molar-refractivity contribution in [1.29, 1.82) is 0 Å². The number of hydrazone groups is 1. The fourth-order valence-corrected chi connectivity index (χ4v) is 2.07. The number of methoxy groups -OCH3 is 1. The molecule has 0 saturated heterocycles. The molecule has 0 radical (unpaired) electrons. The first-order chi connectivity index (χ1) is 11.5. The van der Waals surface area contributed by atoms with Crippen molar-refractivity contribution in [2.45, 2.75) is 6.42 Å². The van der Waals surface area contributed by atoms with Gasteiger partial charge in [0.15, 0.2) is 0 Å². The maximum atomic E-state index is 11.9. The maximum Gasteiger partial charge on any atom is 0.269 e. The number of carbonyl (C=O) groups is 1. The van der Waals surface area contributed by atoms with E-state index in [-0.39, 0.29) is 18.0 Å². The van der Waals surface area contributed by atoms with Crippen molar-refractivity contribution in [3.63, 3.8) is 0 Å². The van der Waals surface area contributed by atoms with Crippen LogP contribution in [-0.4, -0.2) is 24.2 Å². The van der Waals surface area contributed by atoms with Gasteiger partial charge in [-0.2, -0.15) is 5.10 Å². The van der Waals surface area contributed by atoms with E-state index in [0.29, 0.717) is 21.9 Å². The molecule has 8 heteroatoms. The van der Waals surface area contributed by atoms with Crippen LogP contribution < -0.4 is 10.2 Å². The van der Waals surface area contributed by atoms with Gasteiger partial charge < -0.3 is 4.74 Å². The third-order valence-corrected chi connectivity index (χ3v) is 3.48. The predicted octanol–water partition coefficient (Wildman–Crippen LogP) is 2.95. The molecule has 2 aromatic carbocycles. The van der Waals surface area contributed by atoms with Crippen LogP contribution in [-0.2, 0) is 11.2 Å². The van der Waals surface area contributed by atoms with Crippen molar-refractivity contribution >= 4 is 29.4 Å². The number of amides is 1. The summed E-state index contributed by atoms with van der Waals surface area (Å²) in [4.78, 5) is 22.0. The van der Waals surface area contributed by atoms with Gasteiger partial charge in [0, 0.05) is 17.2 Å². The van der Waals surface area contributed by atoms with Gasteiger partial charge in [0.05, 0.1) is 24.7 Å². The highest BCUT2D eigenvalue weighted by molar-refractivity contribution is 6.31. The van der Waals surface area contributed by atoms with E-state index in [9.17, 15) is 14.9 Å². The van der Waals surface area contributed by atoms with Gasteiger partial charge in [-0.05, 0) is 41.5 Å². The van der Waals surface area contributed by atoms with Gasteiger partial charge in [-0.25, -0.2) is 5.43 Å². The Morgan fingerprint density at radius 3 is 2.67 bits per heavy atom. The van der Waals surface area contributed by atoms with E-state index in [1.54, 1.807) is 18.2 Å². The Bertz CT molecular complexity index is 775. The van der Waals surface area contributed by atoms with Gasteiger partial charge in [-0.15, -0.1) is 0 Å².